The molecule has 2 aromatic carbocycles. The van der Waals surface area contributed by atoms with Crippen molar-refractivity contribution in [1.82, 2.24) is 20.0 Å². The predicted molar refractivity (Wildman–Crippen MR) is 123 cm³/mol. The average molecular weight is 445 g/mol. The number of likely N-dealkylation sites (tertiary alicyclic amines) is 1. The van der Waals surface area contributed by atoms with Crippen molar-refractivity contribution in [1.29, 1.82) is 0 Å². The summed E-state index contributed by atoms with van der Waals surface area (Å²) in [5.41, 5.74) is 2.84. The van der Waals surface area contributed by atoms with Gasteiger partial charge in [0.05, 0.1) is 12.0 Å². The first-order valence-corrected chi connectivity index (χ1v) is 11.1. The lowest BCUT2D eigenvalue weighted by molar-refractivity contribution is 0.0901. The Kier molecular flexibility index (Phi) is 6.04. The molecule has 0 bridgehead atoms. The zero-order valence-electron chi connectivity index (χ0n) is 18.2. The minimum Gasteiger partial charge on any atom is -0.463 e. The highest BCUT2D eigenvalue weighted by Gasteiger charge is 2.24. The second-order valence-corrected chi connectivity index (χ2v) is 8.29. The molecule has 6 nitrogen and oxygen atoms in total. The Hall–Kier alpha value is -3.71. The molecule has 168 valence electrons. The van der Waals surface area contributed by atoms with Gasteiger partial charge in [-0.2, -0.15) is 5.10 Å². The van der Waals surface area contributed by atoms with Crippen molar-refractivity contribution < 1.29 is 13.6 Å². The van der Waals surface area contributed by atoms with E-state index in [1.54, 1.807) is 36.6 Å². The molecule has 1 amide bonds. The maximum atomic E-state index is 13.4. The van der Waals surface area contributed by atoms with Crippen LogP contribution in [-0.4, -0.2) is 39.7 Å². The summed E-state index contributed by atoms with van der Waals surface area (Å²) in [6.45, 7) is 2.77. The van der Waals surface area contributed by atoms with E-state index < -0.39 is 0 Å². The van der Waals surface area contributed by atoms with Gasteiger partial charge in [0.1, 0.15) is 17.2 Å². The summed E-state index contributed by atoms with van der Waals surface area (Å²) in [6, 6.07) is 21.7. The van der Waals surface area contributed by atoms with Crippen LogP contribution in [0.3, 0.4) is 0 Å². The van der Waals surface area contributed by atoms with Gasteiger partial charge in [0, 0.05) is 31.7 Å². The number of carbonyl (C=O) groups is 1. The number of piperidine rings is 1. The van der Waals surface area contributed by atoms with Crippen LogP contribution < -0.4 is 5.32 Å². The lowest BCUT2D eigenvalue weighted by Crippen LogP contribution is -2.44. The van der Waals surface area contributed by atoms with Gasteiger partial charge >= 0.3 is 0 Å². The predicted octanol–water partition coefficient (Wildman–Crippen LogP) is 4.67. The van der Waals surface area contributed by atoms with Crippen LogP contribution in [0.15, 0.2) is 83.5 Å². The number of aromatic nitrogens is 2. The summed E-state index contributed by atoms with van der Waals surface area (Å²) in [6.07, 6.45) is 3.33. The Morgan fingerprint density at radius 3 is 2.48 bits per heavy atom. The number of rotatable bonds is 6. The topological polar surface area (TPSA) is 63.3 Å². The van der Waals surface area contributed by atoms with Gasteiger partial charge in [-0.1, -0.05) is 30.3 Å². The van der Waals surface area contributed by atoms with Gasteiger partial charge in [-0.15, -0.1) is 0 Å². The number of amides is 1. The molecule has 0 unspecified atom stereocenters. The Morgan fingerprint density at radius 1 is 1.03 bits per heavy atom. The van der Waals surface area contributed by atoms with Gasteiger partial charge in [-0.3, -0.25) is 9.69 Å². The molecule has 4 aromatic rings. The van der Waals surface area contributed by atoms with E-state index in [1.807, 2.05) is 6.07 Å². The Balaban J connectivity index is 1.29. The number of nitrogens with one attached hydrogen (secondary N) is 1. The maximum Gasteiger partial charge on any atom is 0.270 e. The highest BCUT2D eigenvalue weighted by atomic mass is 19.1. The first-order valence-electron chi connectivity index (χ1n) is 11.1. The van der Waals surface area contributed by atoms with E-state index in [9.17, 15) is 9.18 Å². The van der Waals surface area contributed by atoms with Crippen LogP contribution in [0.5, 0.6) is 0 Å². The smallest absolute Gasteiger partial charge is 0.270 e. The number of benzene rings is 2. The molecule has 1 saturated heterocycles. The molecule has 33 heavy (non-hydrogen) atoms. The van der Waals surface area contributed by atoms with Crippen LogP contribution in [0, 0.1) is 5.82 Å². The fourth-order valence-corrected chi connectivity index (χ4v) is 4.20. The van der Waals surface area contributed by atoms with Gasteiger partial charge in [0.15, 0.2) is 5.76 Å². The molecule has 0 aliphatic carbocycles. The van der Waals surface area contributed by atoms with Crippen molar-refractivity contribution in [3.63, 3.8) is 0 Å². The standard InChI is InChI=1S/C26H25FN4O2/c27-20-8-10-22(11-9-20)31-24(17-23(29-31)25-7-4-16-33-25)26(32)28-21-12-14-30(15-13-21)18-19-5-2-1-3-6-19/h1-11,16-17,21H,12-15,18H2,(H,28,32). The Bertz CT molecular complexity index is 1200. The lowest BCUT2D eigenvalue weighted by Gasteiger charge is -2.32. The molecule has 1 aliphatic heterocycles. The molecule has 3 heterocycles. The molecule has 7 heteroatoms. The first kappa shape index (κ1) is 21.2. The average Bonchev–Trinajstić information content (AvgIpc) is 3.52. The highest BCUT2D eigenvalue weighted by molar-refractivity contribution is 5.94. The van der Waals surface area contributed by atoms with Gasteiger partial charge < -0.3 is 9.73 Å². The summed E-state index contributed by atoms with van der Waals surface area (Å²) in [5, 5.41) is 7.73. The summed E-state index contributed by atoms with van der Waals surface area (Å²) in [7, 11) is 0. The van der Waals surface area contributed by atoms with Crippen LogP contribution >= 0.6 is 0 Å². The monoisotopic (exact) mass is 444 g/mol. The first-order chi connectivity index (χ1) is 16.2. The van der Waals surface area contributed by atoms with Crippen LogP contribution in [0.2, 0.25) is 0 Å². The molecule has 5 rings (SSSR count). The highest BCUT2D eigenvalue weighted by Crippen LogP contribution is 2.23. The normalized spacial score (nSPS) is 14.9. The van der Waals surface area contributed by atoms with E-state index in [2.05, 4.69) is 39.6 Å². The Labute approximate surface area is 191 Å². The molecule has 2 aromatic heterocycles. The van der Waals surface area contributed by atoms with E-state index >= 15 is 0 Å². The van der Waals surface area contributed by atoms with E-state index in [-0.39, 0.29) is 17.8 Å². The van der Waals surface area contributed by atoms with E-state index in [4.69, 9.17) is 4.42 Å². The fraction of sp³-hybridized carbons (Fsp3) is 0.231. The van der Waals surface area contributed by atoms with E-state index in [0.717, 1.165) is 32.5 Å². The molecular weight excluding hydrogens is 419 g/mol. The van der Waals surface area contributed by atoms with Crippen LogP contribution in [0.1, 0.15) is 28.9 Å². The summed E-state index contributed by atoms with van der Waals surface area (Å²) in [4.78, 5) is 15.7. The number of furan rings is 1. The zero-order chi connectivity index (χ0) is 22.6. The second kappa shape index (κ2) is 9.42. The molecule has 0 atom stereocenters. The summed E-state index contributed by atoms with van der Waals surface area (Å²) >= 11 is 0. The molecule has 0 spiro atoms. The summed E-state index contributed by atoms with van der Waals surface area (Å²) < 4.78 is 20.4. The van der Waals surface area contributed by atoms with Gasteiger partial charge in [0.25, 0.3) is 5.91 Å². The van der Waals surface area contributed by atoms with Crippen molar-refractivity contribution >= 4 is 5.91 Å². The number of hydrogen-bond acceptors (Lipinski definition) is 4. The van der Waals surface area contributed by atoms with Crippen molar-refractivity contribution in [2.75, 3.05) is 13.1 Å². The van der Waals surface area contributed by atoms with Crippen LogP contribution in [0.4, 0.5) is 4.39 Å². The SMILES string of the molecule is O=C(NC1CCN(Cc2ccccc2)CC1)c1cc(-c2ccco2)nn1-c1ccc(F)cc1. The minimum atomic E-state index is -0.342. The molecular formula is C26H25FN4O2. The molecule has 0 saturated carbocycles. The minimum absolute atomic E-state index is 0.0909. The van der Waals surface area contributed by atoms with Crippen LogP contribution in [-0.2, 0) is 6.54 Å². The van der Waals surface area contributed by atoms with Crippen molar-refractivity contribution in [3.8, 4) is 17.1 Å². The van der Waals surface area contributed by atoms with Gasteiger partial charge in [-0.25, -0.2) is 9.07 Å². The number of carbonyl (C=O) groups excluding carboxylic acids is 1. The molecule has 1 N–H and O–H groups in total. The number of hydrogen-bond donors (Lipinski definition) is 1. The molecule has 1 fully saturated rings. The maximum absolute atomic E-state index is 13.4. The number of nitrogens with zero attached hydrogens (tertiary/aromatic N) is 3. The third-order valence-corrected chi connectivity index (χ3v) is 5.96. The molecule has 0 radical (unpaired) electrons. The third kappa shape index (κ3) is 4.88. The van der Waals surface area contributed by atoms with E-state index in [0.29, 0.717) is 22.8 Å². The Morgan fingerprint density at radius 2 is 1.79 bits per heavy atom. The van der Waals surface area contributed by atoms with Gasteiger partial charge in [0.2, 0.25) is 0 Å². The quantitative estimate of drug-likeness (QED) is 0.470. The van der Waals surface area contributed by atoms with Crippen molar-refractivity contribution in [2.45, 2.75) is 25.4 Å². The zero-order valence-corrected chi connectivity index (χ0v) is 18.2. The lowest BCUT2D eigenvalue weighted by atomic mass is 10.0. The van der Waals surface area contributed by atoms with Crippen molar-refractivity contribution in [3.05, 3.63) is 96.1 Å². The molecule has 1 aliphatic rings. The fourth-order valence-electron chi connectivity index (χ4n) is 4.20. The summed E-state index contributed by atoms with van der Waals surface area (Å²) in [5.74, 6) is 0.0238. The van der Waals surface area contributed by atoms with Crippen molar-refractivity contribution in [2.24, 2.45) is 0 Å². The largest absolute Gasteiger partial charge is 0.463 e. The van der Waals surface area contributed by atoms with Crippen LogP contribution in [0.25, 0.3) is 17.1 Å². The second-order valence-electron chi connectivity index (χ2n) is 8.29. The number of halogens is 1. The van der Waals surface area contributed by atoms with Gasteiger partial charge in [-0.05, 0) is 54.8 Å². The third-order valence-electron chi connectivity index (χ3n) is 5.96. The van der Waals surface area contributed by atoms with E-state index in [1.165, 1.54) is 22.4 Å².